The number of halogens is 3. The lowest BCUT2D eigenvalue weighted by Crippen LogP contribution is -2.27. The van der Waals surface area contributed by atoms with Crippen molar-refractivity contribution in [3.05, 3.63) is 58.0 Å². The molecule has 11 heteroatoms. The molecule has 0 fully saturated rings. The summed E-state index contributed by atoms with van der Waals surface area (Å²) in [5, 5.41) is 8.10. The van der Waals surface area contributed by atoms with Gasteiger partial charge in [0, 0.05) is 42.8 Å². The first-order valence-corrected chi connectivity index (χ1v) is 10.7. The number of alkyl halides is 3. The third kappa shape index (κ3) is 3.99. The quantitative estimate of drug-likeness (QED) is 0.442. The minimum Gasteiger partial charge on any atom is -0.336 e. The first kappa shape index (κ1) is 22.0. The van der Waals surface area contributed by atoms with Crippen LogP contribution in [-0.4, -0.2) is 42.2 Å². The second-order valence-corrected chi connectivity index (χ2v) is 8.65. The standard InChI is InChI=1S/C21H21F3N6OS/c1-5-14-6-7-17(32-14)15-8-18(21(22,23)24)30-19(26-15)9-16(27-30)20(31)28(3)11-13-10-25-29(4)12(13)2/h6-10H,5,11H2,1-4H3. The van der Waals surface area contributed by atoms with E-state index in [1.807, 2.05) is 19.9 Å². The molecule has 0 radical (unpaired) electrons. The van der Waals surface area contributed by atoms with Gasteiger partial charge in [-0.15, -0.1) is 11.3 Å². The minimum atomic E-state index is -4.66. The normalized spacial score (nSPS) is 12.0. The zero-order valence-electron chi connectivity index (χ0n) is 17.9. The number of thiophene rings is 1. The smallest absolute Gasteiger partial charge is 0.336 e. The highest BCUT2D eigenvalue weighted by Gasteiger charge is 2.36. The molecule has 0 spiro atoms. The van der Waals surface area contributed by atoms with Crippen LogP contribution in [0.1, 0.15) is 39.2 Å². The van der Waals surface area contributed by atoms with Crippen LogP contribution < -0.4 is 0 Å². The molecule has 4 rings (SSSR count). The zero-order valence-corrected chi connectivity index (χ0v) is 18.8. The fraction of sp³-hybridized carbons (Fsp3) is 0.333. The van der Waals surface area contributed by atoms with Crippen LogP contribution in [0.25, 0.3) is 16.2 Å². The monoisotopic (exact) mass is 462 g/mol. The molecule has 4 aromatic heterocycles. The Hall–Kier alpha value is -3.21. The SMILES string of the molecule is CCc1ccc(-c2cc(C(F)(F)F)n3nc(C(=O)N(C)Cc4cnn(C)c4C)cc3n2)s1. The van der Waals surface area contributed by atoms with E-state index in [1.165, 1.54) is 22.3 Å². The summed E-state index contributed by atoms with van der Waals surface area (Å²) in [5.74, 6) is -0.502. The molecule has 7 nitrogen and oxygen atoms in total. The van der Waals surface area contributed by atoms with E-state index < -0.39 is 17.8 Å². The summed E-state index contributed by atoms with van der Waals surface area (Å²) < 4.78 is 43.8. The van der Waals surface area contributed by atoms with E-state index in [1.54, 1.807) is 31.0 Å². The Morgan fingerprint density at radius 2 is 2.00 bits per heavy atom. The molecule has 168 valence electrons. The second-order valence-electron chi connectivity index (χ2n) is 7.48. The van der Waals surface area contributed by atoms with Crippen molar-refractivity contribution in [3.63, 3.8) is 0 Å². The van der Waals surface area contributed by atoms with Gasteiger partial charge in [0.1, 0.15) is 0 Å². The predicted octanol–water partition coefficient (Wildman–Crippen LogP) is 4.35. The Balaban J connectivity index is 1.73. The first-order chi connectivity index (χ1) is 15.1. The first-order valence-electron chi connectivity index (χ1n) is 9.88. The topological polar surface area (TPSA) is 68.3 Å². The molecule has 0 N–H and O–H groups in total. The molecule has 0 aliphatic carbocycles. The van der Waals surface area contributed by atoms with Crippen molar-refractivity contribution in [2.24, 2.45) is 7.05 Å². The number of rotatable bonds is 5. The Labute approximate surface area is 186 Å². The van der Waals surface area contributed by atoms with Crippen LogP contribution in [0.3, 0.4) is 0 Å². The van der Waals surface area contributed by atoms with Crippen LogP contribution >= 0.6 is 11.3 Å². The summed E-state index contributed by atoms with van der Waals surface area (Å²) in [6.07, 6.45) is -2.22. The van der Waals surface area contributed by atoms with Crippen molar-refractivity contribution in [3.8, 4) is 10.6 Å². The molecule has 1 amide bonds. The van der Waals surface area contributed by atoms with Crippen LogP contribution in [0.2, 0.25) is 0 Å². The Bertz CT molecular complexity index is 1300. The average molecular weight is 463 g/mol. The maximum atomic E-state index is 13.8. The number of fused-ring (bicyclic) bond motifs is 1. The average Bonchev–Trinajstić information content (AvgIpc) is 3.46. The number of hydrogen-bond acceptors (Lipinski definition) is 5. The predicted molar refractivity (Wildman–Crippen MR) is 114 cm³/mol. The van der Waals surface area contributed by atoms with Crippen LogP contribution in [0.5, 0.6) is 0 Å². The lowest BCUT2D eigenvalue weighted by molar-refractivity contribution is -0.142. The van der Waals surface area contributed by atoms with Gasteiger partial charge in [0.05, 0.1) is 16.8 Å². The van der Waals surface area contributed by atoms with E-state index in [0.29, 0.717) is 9.39 Å². The number of aryl methyl sites for hydroxylation is 2. The molecule has 0 saturated carbocycles. The van der Waals surface area contributed by atoms with E-state index in [-0.39, 0.29) is 23.6 Å². The number of carbonyl (C=O) groups excluding carboxylic acids is 1. The number of carbonyl (C=O) groups is 1. The molecule has 4 aromatic rings. The fourth-order valence-corrected chi connectivity index (χ4v) is 4.24. The van der Waals surface area contributed by atoms with Crippen LogP contribution in [0.4, 0.5) is 13.2 Å². The van der Waals surface area contributed by atoms with Crippen LogP contribution in [-0.2, 0) is 26.2 Å². The minimum absolute atomic E-state index is 0.0319. The van der Waals surface area contributed by atoms with Gasteiger partial charge in [-0.1, -0.05) is 6.92 Å². The van der Waals surface area contributed by atoms with Gasteiger partial charge < -0.3 is 4.90 Å². The third-order valence-electron chi connectivity index (χ3n) is 5.29. The van der Waals surface area contributed by atoms with Crippen molar-refractivity contribution in [1.82, 2.24) is 29.3 Å². The molecule has 32 heavy (non-hydrogen) atoms. The van der Waals surface area contributed by atoms with Crippen molar-refractivity contribution < 1.29 is 18.0 Å². The summed E-state index contributed by atoms with van der Waals surface area (Å²) in [4.78, 5) is 20.3. The van der Waals surface area contributed by atoms with Gasteiger partial charge in [-0.25, -0.2) is 9.50 Å². The van der Waals surface area contributed by atoms with Crippen LogP contribution in [0.15, 0.2) is 30.5 Å². The number of hydrogen-bond donors (Lipinski definition) is 0. The molecular formula is C21H21F3N6OS. The highest BCUT2D eigenvalue weighted by molar-refractivity contribution is 7.15. The molecular weight excluding hydrogens is 441 g/mol. The summed E-state index contributed by atoms with van der Waals surface area (Å²) in [5.41, 5.74) is 0.822. The van der Waals surface area contributed by atoms with E-state index in [2.05, 4.69) is 15.2 Å². The third-order valence-corrected chi connectivity index (χ3v) is 6.54. The largest absolute Gasteiger partial charge is 0.433 e. The molecule has 0 bridgehead atoms. The maximum absolute atomic E-state index is 13.8. The van der Waals surface area contributed by atoms with Gasteiger partial charge in [0.15, 0.2) is 17.0 Å². The van der Waals surface area contributed by atoms with Gasteiger partial charge in [-0.3, -0.25) is 9.48 Å². The van der Waals surface area contributed by atoms with Gasteiger partial charge in [-0.2, -0.15) is 23.4 Å². The van der Waals surface area contributed by atoms with Crippen molar-refractivity contribution in [2.45, 2.75) is 33.0 Å². The van der Waals surface area contributed by atoms with Gasteiger partial charge in [-0.05, 0) is 31.5 Å². The van der Waals surface area contributed by atoms with Gasteiger partial charge in [0.25, 0.3) is 5.91 Å². The van der Waals surface area contributed by atoms with E-state index in [9.17, 15) is 18.0 Å². The summed E-state index contributed by atoms with van der Waals surface area (Å²) in [7, 11) is 3.36. The van der Waals surface area contributed by atoms with Gasteiger partial charge in [0.2, 0.25) is 0 Å². The number of amides is 1. The van der Waals surface area contributed by atoms with Crippen molar-refractivity contribution in [1.29, 1.82) is 0 Å². The van der Waals surface area contributed by atoms with E-state index in [4.69, 9.17) is 0 Å². The fourth-order valence-electron chi connectivity index (χ4n) is 3.33. The number of aromatic nitrogens is 5. The molecule has 0 aromatic carbocycles. The van der Waals surface area contributed by atoms with Crippen molar-refractivity contribution >= 4 is 22.9 Å². The lowest BCUT2D eigenvalue weighted by atomic mass is 10.2. The lowest BCUT2D eigenvalue weighted by Gasteiger charge is -2.15. The Morgan fingerprint density at radius 3 is 2.59 bits per heavy atom. The highest BCUT2D eigenvalue weighted by Crippen LogP contribution is 2.34. The molecule has 0 saturated heterocycles. The molecule has 0 unspecified atom stereocenters. The number of nitrogens with zero attached hydrogens (tertiary/aromatic N) is 6. The summed E-state index contributed by atoms with van der Waals surface area (Å²) in [6.45, 7) is 4.11. The second kappa shape index (κ2) is 8.05. The Kier molecular flexibility index (Phi) is 5.53. The highest BCUT2D eigenvalue weighted by atomic mass is 32.1. The molecule has 0 atom stereocenters. The molecule has 0 aliphatic heterocycles. The van der Waals surface area contributed by atoms with E-state index >= 15 is 0 Å². The van der Waals surface area contributed by atoms with Crippen LogP contribution in [0, 0.1) is 6.92 Å². The summed E-state index contributed by atoms with van der Waals surface area (Å²) >= 11 is 1.39. The van der Waals surface area contributed by atoms with E-state index in [0.717, 1.165) is 28.6 Å². The maximum Gasteiger partial charge on any atom is 0.433 e. The summed E-state index contributed by atoms with van der Waals surface area (Å²) in [6, 6.07) is 5.90. The zero-order chi connectivity index (χ0) is 23.2. The van der Waals surface area contributed by atoms with Crippen molar-refractivity contribution in [2.75, 3.05) is 7.05 Å². The molecule has 0 aliphatic rings. The Morgan fingerprint density at radius 1 is 1.25 bits per heavy atom. The van der Waals surface area contributed by atoms with Gasteiger partial charge >= 0.3 is 6.18 Å². The molecule has 4 heterocycles.